The van der Waals surface area contributed by atoms with Gasteiger partial charge in [0.25, 0.3) is 0 Å². The Morgan fingerprint density at radius 3 is 2.78 bits per heavy atom. The van der Waals surface area contributed by atoms with Crippen LogP contribution in [0.15, 0.2) is 4.52 Å². The standard InChI is InChI=1S/C16H27N5O2/c1-12-9-19(11-16-17-13(2)18-23-16)10-15(12)21-6-4-5-20(7-8-21)14(3)22/h12,15H,4-11H2,1-3H3/t12-,15+/m1/s1. The Morgan fingerprint density at radius 1 is 1.26 bits per heavy atom. The Morgan fingerprint density at radius 2 is 2.09 bits per heavy atom. The predicted octanol–water partition coefficient (Wildman–Crippen LogP) is 0.753. The number of hydrogen-bond acceptors (Lipinski definition) is 6. The first-order valence-electron chi connectivity index (χ1n) is 8.54. The average molecular weight is 321 g/mol. The van der Waals surface area contributed by atoms with Crippen LogP contribution in [0, 0.1) is 12.8 Å². The highest BCUT2D eigenvalue weighted by Gasteiger charge is 2.35. The van der Waals surface area contributed by atoms with Crippen LogP contribution in [0.5, 0.6) is 0 Å². The molecular formula is C16H27N5O2. The molecule has 3 heterocycles. The molecule has 7 heteroatoms. The van der Waals surface area contributed by atoms with Crippen molar-refractivity contribution in [3.8, 4) is 0 Å². The highest BCUT2D eigenvalue weighted by atomic mass is 16.5. The normalized spacial score (nSPS) is 27.3. The summed E-state index contributed by atoms with van der Waals surface area (Å²) in [6.45, 7) is 12.4. The maximum atomic E-state index is 11.6. The molecule has 0 spiro atoms. The fraction of sp³-hybridized carbons (Fsp3) is 0.812. The summed E-state index contributed by atoms with van der Waals surface area (Å²) in [6.07, 6.45) is 1.06. The number of likely N-dealkylation sites (tertiary alicyclic amines) is 1. The smallest absolute Gasteiger partial charge is 0.240 e. The Bertz CT molecular complexity index is 546. The van der Waals surface area contributed by atoms with E-state index >= 15 is 0 Å². The first-order valence-corrected chi connectivity index (χ1v) is 8.54. The van der Waals surface area contributed by atoms with Crippen LogP contribution in [-0.2, 0) is 11.3 Å². The number of aromatic nitrogens is 2. The zero-order chi connectivity index (χ0) is 16.4. The topological polar surface area (TPSA) is 65.7 Å². The molecule has 0 bridgehead atoms. The number of amides is 1. The zero-order valence-electron chi connectivity index (χ0n) is 14.4. The summed E-state index contributed by atoms with van der Waals surface area (Å²) in [5, 5.41) is 3.86. The van der Waals surface area contributed by atoms with E-state index in [4.69, 9.17) is 4.52 Å². The summed E-state index contributed by atoms with van der Waals surface area (Å²) in [5.74, 6) is 2.21. The Kier molecular flexibility index (Phi) is 4.96. The van der Waals surface area contributed by atoms with Gasteiger partial charge >= 0.3 is 0 Å². The molecule has 0 aliphatic carbocycles. The molecule has 2 aliphatic heterocycles. The van der Waals surface area contributed by atoms with Crippen LogP contribution in [0.4, 0.5) is 0 Å². The van der Waals surface area contributed by atoms with Crippen LogP contribution >= 0.6 is 0 Å². The lowest BCUT2D eigenvalue weighted by molar-refractivity contribution is -0.128. The lowest BCUT2D eigenvalue weighted by Crippen LogP contribution is -2.42. The van der Waals surface area contributed by atoms with Gasteiger partial charge in [-0.15, -0.1) is 0 Å². The van der Waals surface area contributed by atoms with Crippen molar-refractivity contribution < 1.29 is 9.32 Å². The van der Waals surface area contributed by atoms with Gasteiger partial charge < -0.3 is 9.42 Å². The molecule has 2 atom stereocenters. The van der Waals surface area contributed by atoms with E-state index in [9.17, 15) is 4.79 Å². The second kappa shape index (κ2) is 6.97. The van der Waals surface area contributed by atoms with Gasteiger partial charge in [-0.25, -0.2) is 0 Å². The maximum absolute atomic E-state index is 11.6. The SMILES string of the molecule is CC(=O)N1CCCN([C@H]2CN(Cc3nc(C)no3)C[C@H]2C)CC1. The van der Waals surface area contributed by atoms with E-state index < -0.39 is 0 Å². The summed E-state index contributed by atoms with van der Waals surface area (Å²) < 4.78 is 5.24. The van der Waals surface area contributed by atoms with E-state index in [1.807, 2.05) is 11.8 Å². The minimum absolute atomic E-state index is 0.194. The van der Waals surface area contributed by atoms with Crippen LogP contribution in [-0.4, -0.2) is 76.1 Å². The van der Waals surface area contributed by atoms with Gasteiger partial charge in [-0.3, -0.25) is 14.6 Å². The molecular weight excluding hydrogens is 294 g/mol. The van der Waals surface area contributed by atoms with Gasteiger partial charge in [0.1, 0.15) is 0 Å². The van der Waals surface area contributed by atoms with Crippen molar-refractivity contribution in [3.63, 3.8) is 0 Å². The molecule has 128 valence electrons. The monoisotopic (exact) mass is 321 g/mol. The summed E-state index contributed by atoms with van der Waals surface area (Å²) in [4.78, 5) is 22.8. The van der Waals surface area contributed by atoms with Crippen LogP contribution in [0.3, 0.4) is 0 Å². The maximum Gasteiger partial charge on any atom is 0.240 e. The number of aryl methyl sites for hydroxylation is 1. The summed E-state index contributed by atoms with van der Waals surface area (Å²) in [7, 11) is 0. The van der Waals surface area contributed by atoms with Crippen LogP contribution in [0.1, 0.15) is 32.0 Å². The molecule has 0 radical (unpaired) electrons. The number of hydrogen-bond donors (Lipinski definition) is 0. The molecule has 2 fully saturated rings. The third-order valence-corrected chi connectivity index (χ3v) is 5.02. The molecule has 23 heavy (non-hydrogen) atoms. The zero-order valence-corrected chi connectivity index (χ0v) is 14.4. The van der Waals surface area contributed by atoms with Crippen molar-refractivity contribution in [2.45, 2.75) is 39.8 Å². The van der Waals surface area contributed by atoms with Gasteiger partial charge in [0, 0.05) is 52.2 Å². The lowest BCUT2D eigenvalue weighted by Gasteiger charge is -2.30. The van der Waals surface area contributed by atoms with Crippen molar-refractivity contribution >= 4 is 5.91 Å². The van der Waals surface area contributed by atoms with Crippen LogP contribution in [0.25, 0.3) is 0 Å². The molecule has 0 saturated carbocycles. The minimum atomic E-state index is 0.194. The highest BCUT2D eigenvalue weighted by Crippen LogP contribution is 2.24. The van der Waals surface area contributed by atoms with Crippen molar-refractivity contribution in [2.75, 3.05) is 39.3 Å². The molecule has 1 aromatic rings. The number of nitrogens with zero attached hydrogens (tertiary/aromatic N) is 5. The van der Waals surface area contributed by atoms with Crippen molar-refractivity contribution in [2.24, 2.45) is 5.92 Å². The van der Waals surface area contributed by atoms with Gasteiger partial charge in [0.15, 0.2) is 5.82 Å². The Hall–Kier alpha value is -1.47. The van der Waals surface area contributed by atoms with E-state index in [1.54, 1.807) is 6.92 Å². The van der Waals surface area contributed by atoms with E-state index in [0.29, 0.717) is 23.7 Å². The van der Waals surface area contributed by atoms with Gasteiger partial charge in [-0.1, -0.05) is 12.1 Å². The fourth-order valence-corrected chi connectivity index (χ4v) is 3.83. The fourth-order valence-electron chi connectivity index (χ4n) is 3.83. The second-order valence-electron chi connectivity index (χ2n) is 6.87. The predicted molar refractivity (Wildman–Crippen MR) is 85.7 cm³/mol. The second-order valence-corrected chi connectivity index (χ2v) is 6.87. The minimum Gasteiger partial charge on any atom is -0.342 e. The molecule has 0 N–H and O–H groups in total. The van der Waals surface area contributed by atoms with E-state index in [2.05, 4.69) is 26.9 Å². The van der Waals surface area contributed by atoms with E-state index in [0.717, 1.165) is 52.2 Å². The highest BCUT2D eigenvalue weighted by molar-refractivity contribution is 5.73. The first-order chi connectivity index (χ1) is 11.0. The van der Waals surface area contributed by atoms with Crippen molar-refractivity contribution in [1.29, 1.82) is 0 Å². The molecule has 1 aromatic heterocycles. The number of carbonyl (C=O) groups excluding carboxylic acids is 1. The quantitative estimate of drug-likeness (QED) is 0.819. The Balaban J connectivity index is 1.57. The van der Waals surface area contributed by atoms with Gasteiger partial charge in [-0.2, -0.15) is 4.98 Å². The average Bonchev–Trinajstić information content (AvgIpc) is 2.96. The molecule has 0 aromatic carbocycles. The molecule has 3 rings (SSSR count). The van der Waals surface area contributed by atoms with Crippen molar-refractivity contribution in [3.05, 3.63) is 11.7 Å². The first kappa shape index (κ1) is 16.4. The van der Waals surface area contributed by atoms with Crippen molar-refractivity contribution in [1.82, 2.24) is 24.8 Å². The van der Waals surface area contributed by atoms with E-state index in [-0.39, 0.29) is 5.91 Å². The molecule has 1 amide bonds. The summed E-state index contributed by atoms with van der Waals surface area (Å²) >= 11 is 0. The third-order valence-electron chi connectivity index (χ3n) is 5.02. The lowest BCUT2D eigenvalue weighted by atomic mass is 10.0. The summed E-state index contributed by atoms with van der Waals surface area (Å²) in [6, 6.07) is 0.547. The molecule has 7 nitrogen and oxygen atoms in total. The van der Waals surface area contributed by atoms with Crippen LogP contribution in [0.2, 0.25) is 0 Å². The largest absolute Gasteiger partial charge is 0.342 e. The third kappa shape index (κ3) is 3.90. The van der Waals surface area contributed by atoms with Gasteiger partial charge in [0.2, 0.25) is 11.8 Å². The molecule has 2 aliphatic rings. The van der Waals surface area contributed by atoms with Gasteiger partial charge in [-0.05, 0) is 19.3 Å². The number of carbonyl (C=O) groups is 1. The Labute approximate surface area is 137 Å². The number of rotatable bonds is 3. The van der Waals surface area contributed by atoms with E-state index in [1.165, 1.54) is 0 Å². The van der Waals surface area contributed by atoms with Gasteiger partial charge in [0.05, 0.1) is 6.54 Å². The summed E-state index contributed by atoms with van der Waals surface area (Å²) in [5.41, 5.74) is 0. The molecule has 2 saturated heterocycles. The van der Waals surface area contributed by atoms with Crippen LogP contribution < -0.4 is 0 Å². The molecule has 0 unspecified atom stereocenters.